The Morgan fingerprint density at radius 1 is 1.32 bits per heavy atom. The summed E-state index contributed by atoms with van der Waals surface area (Å²) in [5.74, 6) is -0.111. The van der Waals surface area contributed by atoms with Gasteiger partial charge in [0.2, 0.25) is 0 Å². The molecule has 9 heteroatoms. The smallest absolute Gasteiger partial charge is 0.409 e. The summed E-state index contributed by atoms with van der Waals surface area (Å²) < 4.78 is 5.42. The summed E-state index contributed by atoms with van der Waals surface area (Å²) in [7, 11) is 1.38. The maximum atomic E-state index is 12.6. The summed E-state index contributed by atoms with van der Waals surface area (Å²) >= 11 is 8.80. The Kier molecular flexibility index (Phi) is 5.61. The molecule has 0 unspecified atom stereocenters. The number of methoxy groups -OCH3 is 1. The van der Waals surface area contributed by atoms with Crippen LogP contribution < -0.4 is 5.32 Å². The number of thiazole rings is 1. The fraction of sp³-hybridized carbons (Fsp3) is 0.438. The van der Waals surface area contributed by atoms with Gasteiger partial charge in [0.05, 0.1) is 22.0 Å². The summed E-state index contributed by atoms with van der Waals surface area (Å²) in [6.45, 7) is 3.00. The third-order valence-electron chi connectivity index (χ3n) is 4.05. The molecule has 1 N–H and O–H groups in total. The average Bonchev–Trinajstić information content (AvgIpc) is 3.20. The summed E-state index contributed by atoms with van der Waals surface area (Å²) in [6, 6.07) is 3.79. The van der Waals surface area contributed by atoms with Crippen LogP contribution in [0.1, 0.15) is 28.2 Å². The molecule has 1 fully saturated rings. The molecule has 3 heterocycles. The molecule has 0 atom stereocenters. The number of piperidine rings is 1. The largest absolute Gasteiger partial charge is 0.453 e. The number of nitrogens with one attached hydrogen (secondary N) is 1. The normalized spacial score (nSPS) is 15.2. The topological polar surface area (TPSA) is 71.5 Å². The fourth-order valence-electron chi connectivity index (χ4n) is 2.73. The first-order valence-corrected chi connectivity index (χ1v) is 9.86. The van der Waals surface area contributed by atoms with E-state index in [1.165, 1.54) is 29.8 Å². The van der Waals surface area contributed by atoms with Crippen LogP contribution in [0.4, 0.5) is 4.79 Å². The summed E-state index contributed by atoms with van der Waals surface area (Å²) in [5.41, 5.74) is 0.717. The fourth-order valence-corrected chi connectivity index (χ4v) is 4.80. The van der Waals surface area contributed by atoms with Crippen LogP contribution in [0.3, 0.4) is 0 Å². The molecule has 1 aliphatic heterocycles. The Labute approximate surface area is 158 Å². The molecule has 0 radical (unpaired) electrons. The number of aromatic nitrogens is 1. The highest BCUT2D eigenvalue weighted by molar-refractivity contribution is 7.24. The van der Waals surface area contributed by atoms with E-state index in [4.69, 9.17) is 16.3 Å². The van der Waals surface area contributed by atoms with Gasteiger partial charge >= 0.3 is 6.09 Å². The number of rotatable bonds is 3. The Balaban J connectivity index is 1.62. The van der Waals surface area contributed by atoms with Crippen LogP contribution in [0, 0.1) is 6.92 Å². The van der Waals surface area contributed by atoms with E-state index >= 15 is 0 Å². The van der Waals surface area contributed by atoms with E-state index in [0.717, 1.165) is 9.88 Å². The van der Waals surface area contributed by atoms with Crippen LogP contribution in [0.2, 0.25) is 4.34 Å². The Morgan fingerprint density at radius 3 is 2.64 bits per heavy atom. The number of halogens is 1. The van der Waals surface area contributed by atoms with Crippen molar-refractivity contribution in [3.05, 3.63) is 27.0 Å². The molecular weight excluding hydrogens is 382 g/mol. The van der Waals surface area contributed by atoms with Crippen molar-refractivity contribution < 1.29 is 14.3 Å². The standard InChI is InChI=1S/C16H18ClN3O3S2/c1-9-13(25-15(18-9)11-3-4-12(17)24-11)14(21)19-10-5-7-20(8-6-10)16(22)23-2/h3-4,10H,5-8H2,1-2H3,(H,19,21). The average molecular weight is 400 g/mol. The van der Waals surface area contributed by atoms with E-state index < -0.39 is 0 Å². The highest BCUT2D eigenvalue weighted by atomic mass is 35.5. The lowest BCUT2D eigenvalue weighted by Crippen LogP contribution is -2.46. The van der Waals surface area contributed by atoms with Gasteiger partial charge in [-0.25, -0.2) is 9.78 Å². The van der Waals surface area contributed by atoms with Crippen molar-refractivity contribution in [3.8, 4) is 9.88 Å². The van der Waals surface area contributed by atoms with Crippen LogP contribution in [-0.4, -0.2) is 48.1 Å². The molecule has 0 bridgehead atoms. The molecule has 3 rings (SSSR count). The molecule has 1 saturated heterocycles. The third-order valence-corrected chi connectivity index (χ3v) is 6.61. The molecule has 0 spiro atoms. The van der Waals surface area contributed by atoms with E-state index in [2.05, 4.69) is 10.3 Å². The van der Waals surface area contributed by atoms with Gasteiger partial charge < -0.3 is 15.0 Å². The number of likely N-dealkylation sites (tertiary alicyclic amines) is 1. The molecular formula is C16H18ClN3O3S2. The van der Waals surface area contributed by atoms with Crippen LogP contribution in [0.5, 0.6) is 0 Å². The number of carbonyl (C=O) groups is 2. The molecule has 0 aromatic carbocycles. The van der Waals surface area contributed by atoms with Gasteiger partial charge in [0.25, 0.3) is 5.91 Å². The van der Waals surface area contributed by atoms with Gasteiger partial charge in [-0.3, -0.25) is 4.79 Å². The minimum absolute atomic E-state index is 0.0505. The van der Waals surface area contributed by atoms with E-state index in [0.29, 0.717) is 40.8 Å². The number of hydrogen-bond donors (Lipinski definition) is 1. The molecule has 2 aromatic rings. The predicted octanol–water partition coefficient (Wildman–Crippen LogP) is 3.79. The Bertz CT molecular complexity index is 781. The van der Waals surface area contributed by atoms with Crippen LogP contribution in [-0.2, 0) is 4.74 Å². The number of ether oxygens (including phenoxy) is 1. The number of hydrogen-bond acceptors (Lipinski definition) is 6. The lowest BCUT2D eigenvalue weighted by atomic mass is 10.1. The molecule has 6 nitrogen and oxygen atoms in total. The van der Waals surface area contributed by atoms with Gasteiger partial charge in [-0.05, 0) is 31.9 Å². The van der Waals surface area contributed by atoms with Gasteiger partial charge in [0, 0.05) is 19.1 Å². The zero-order valence-electron chi connectivity index (χ0n) is 13.9. The molecule has 2 aromatic heterocycles. The lowest BCUT2D eigenvalue weighted by Gasteiger charge is -2.31. The van der Waals surface area contributed by atoms with Gasteiger partial charge in [0.1, 0.15) is 9.88 Å². The van der Waals surface area contributed by atoms with E-state index in [9.17, 15) is 9.59 Å². The molecule has 134 valence electrons. The first-order chi connectivity index (χ1) is 12.0. The second kappa shape index (κ2) is 7.72. The zero-order chi connectivity index (χ0) is 18.0. The van der Waals surface area contributed by atoms with Gasteiger partial charge in [-0.15, -0.1) is 22.7 Å². The van der Waals surface area contributed by atoms with Crippen LogP contribution in [0.25, 0.3) is 9.88 Å². The van der Waals surface area contributed by atoms with Crippen LogP contribution >= 0.6 is 34.3 Å². The summed E-state index contributed by atoms with van der Waals surface area (Å²) in [6.07, 6.45) is 1.11. The quantitative estimate of drug-likeness (QED) is 0.852. The monoisotopic (exact) mass is 399 g/mol. The highest BCUT2D eigenvalue weighted by Crippen LogP contribution is 2.35. The molecule has 2 amide bonds. The maximum absolute atomic E-state index is 12.6. The van der Waals surface area contributed by atoms with Crippen molar-refractivity contribution in [1.82, 2.24) is 15.2 Å². The zero-order valence-corrected chi connectivity index (χ0v) is 16.3. The number of thiophene rings is 1. The third kappa shape index (κ3) is 4.13. The summed E-state index contributed by atoms with van der Waals surface area (Å²) in [4.78, 5) is 31.8. The van der Waals surface area contributed by atoms with Crippen molar-refractivity contribution in [2.24, 2.45) is 0 Å². The van der Waals surface area contributed by atoms with E-state index in [1.54, 1.807) is 4.90 Å². The summed E-state index contributed by atoms with van der Waals surface area (Å²) in [5, 5.41) is 3.86. The molecule has 25 heavy (non-hydrogen) atoms. The van der Waals surface area contributed by atoms with Crippen molar-refractivity contribution in [2.75, 3.05) is 20.2 Å². The highest BCUT2D eigenvalue weighted by Gasteiger charge is 2.26. The lowest BCUT2D eigenvalue weighted by molar-refractivity contribution is 0.0895. The van der Waals surface area contributed by atoms with Crippen molar-refractivity contribution >= 4 is 46.3 Å². The minimum Gasteiger partial charge on any atom is -0.453 e. The second-order valence-electron chi connectivity index (χ2n) is 5.74. The SMILES string of the molecule is COC(=O)N1CCC(NC(=O)c2sc(-c3ccc(Cl)s3)nc2C)CC1. The van der Waals surface area contributed by atoms with Gasteiger partial charge in [-0.1, -0.05) is 11.6 Å². The predicted molar refractivity (Wildman–Crippen MR) is 99.6 cm³/mol. The van der Waals surface area contributed by atoms with Crippen molar-refractivity contribution in [2.45, 2.75) is 25.8 Å². The van der Waals surface area contributed by atoms with E-state index in [1.807, 2.05) is 19.1 Å². The number of carbonyl (C=O) groups excluding carboxylic acids is 2. The molecule has 1 aliphatic rings. The number of nitrogens with zero attached hydrogens (tertiary/aromatic N) is 2. The maximum Gasteiger partial charge on any atom is 0.409 e. The van der Waals surface area contributed by atoms with Gasteiger partial charge in [0.15, 0.2) is 0 Å². The molecule has 0 saturated carbocycles. The van der Waals surface area contributed by atoms with Crippen molar-refractivity contribution in [1.29, 1.82) is 0 Å². The van der Waals surface area contributed by atoms with Gasteiger partial charge in [-0.2, -0.15) is 0 Å². The number of amides is 2. The van der Waals surface area contributed by atoms with E-state index in [-0.39, 0.29) is 18.0 Å². The van der Waals surface area contributed by atoms with Crippen LogP contribution in [0.15, 0.2) is 12.1 Å². The van der Waals surface area contributed by atoms with Crippen molar-refractivity contribution in [3.63, 3.8) is 0 Å². The Morgan fingerprint density at radius 2 is 2.04 bits per heavy atom. The Hall–Kier alpha value is -1.64. The molecule has 0 aliphatic carbocycles. The first-order valence-electron chi connectivity index (χ1n) is 7.85. The second-order valence-corrected chi connectivity index (χ2v) is 8.46. The first kappa shape index (κ1) is 18.2. The minimum atomic E-state index is -0.317. The number of aryl methyl sites for hydroxylation is 1.